The Balaban J connectivity index is 2.14. The van der Waals surface area contributed by atoms with Gasteiger partial charge in [0.2, 0.25) is 5.79 Å². The summed E-state index contributed by atoms with van der Waals surface area (Å²) in [4.78, 5) is 0. The molecule has 1 N–H and O–H groups in total. The van der Waals surface area contributed by atoms with E-state index < -0.39 is 5.79 Å². The van der Waals surface area contributed by atoms with Gasteiger partial charge in [-0.05, 0) is 30.2 Å². The average molecular weight is 319 g/mol. The minimum absolute atomic E-state index is 0.0765. The number of aliphatic hydroxyl groups excluding tert-OH is 1. The Kier molecular flexibility index (Phi) is 3.89. The third-order valence-electron chi connectivity index (χ3n) is 3.73. The molecule has 0 amide bonds. The molecule has 0 aliphatic carbocycles. The van der Waals surface area contributed by atoms with E-state index in [2.05, 4.69) is 12.1 Å². The minimum Gasteiger partial charge on any atom is -0.462 e. The first-order valence-corrected chi connectivity index (χ1v) is 7.64. The van der Waals surface area contributed by atoms with Crippen LogP contribution in [-0.2, 0) is 11.3 Å². The van der Waals surface area contributed by atoms with E-state index in [1.165, 1.54) is 5.56 Å². The highest BCUT2D eigenvalue weighted by molar-refractivity contribution is 6.31. The van der Waals surface area contributed by atoms with E-state index in [4.69, 9.17) is 21.1 Å². The van der Waals surface area contributed by atoms with E-state index in [0.717, 1.165) is 16.7 Å². The molecule has 22 heavy (non-hydrogen) atoms. The zero-order valence-electron chi connectivity index (χ0n) is 12.9. The molecule has 2 aromatic rings. The molecular formula is C18H19ClO3. The van der Waals surface area contributed by atoms with Gasteiger partial charge in [-0.3, -0.25) is 0 Å². The summed E-state index contributed by atoms with van der Waals surface area (Å²) in [6.45, 7) is 5.72. The maximum atomic E-state index is 9.36. The van der Waals surface area contributed by atoms with Crippen molar-refractivity contribution in [2.24, 2.45) is 0 Å². The smallest absolute Gasteiger partial charge is 0.205 e. The van der Waals surface area contributed by atoms with Crippen molar-refractivity contribution in [2.45, 2.75) is 39.3 Å². The molecule has 2 aromatic carbocycles. The summed E-state index contributed by atoms with van der Waals surface area (Å²) in [6.07, 6.45) is -0.292. The Morgan fingerprint density at radius 3 is 2.50 bits per heavy atom. The summed E-state index contributed by atoms with van der Waals surface area (Å²) >= 11 is 6.42. The molecular weight excluding hydrogens is 300 g/mol. The van der Waals surface area contributed by atoms with Crippen molar-refractivity contribution in [3.63, 3.8) is 0 Å². The molecule has 3 rings (SSSR count). The lowest BCUT2D eigenvalue weighted by atomic mass is 9.96. The Hall–Kier alpha value is -1.55. The molecule has 0 fully saturated rings. The molecule has 116 valence electrons. The first-order valence-electron chi connectivity index (χ1n) is 7.26. The average Bonchev–Trinajstić information content (AvgIpc) is 2.45. The second-order valence-electron chi connectivity index (χ2n) is 6.06. The van der Waals surface area contributed by atoms with Gasteiger partial charge in [0.1, 0.15) is 11.9 Å². The second kappa shape index (κ2) is 5.58. The predicted molar refractivity (Wildman–Crippen MR) is 86.2 cm³/mol. The fourth-order valence-electron chi connectivity index (χ4n) is 2.68. The van der Waals surface area contributed by atoms with Gasteiger partial charge < -0.3 is 14.6 Å². The molecule has 3 nitrogen and oxygen atoms in total. The van der Waals surface area contributed by atoms with Crippen LogP contribution in [0.2, 0.25) is 5.02 Å². The quantitative estimate of drug-likeness (QED) is 0.893. The molecule has 0 spiro atoms. The van der Waals surface area contributed by atoms with Crippen LogP contribution in [0.15, 0.2) is 36.4 Å². The number of hydrogen-bond donors (Lipinski definition) is 1. The molecule has 1 aliphatic heterocycles. The maximum Gasteiger partial charge on any atom is 0.205 e. The van der Waals surface area contributed by atoms with E-state index in [1.807, 2.05) is 39.0 Å². The number of halogens is 1. The van der Waals surface area contributed by atoms with Crippen molar-refractivity contribution < 1.29 is 14.6 Å². The summed E-state index contributed by atoms with van der Waals surface area (Å²) in [6, 6.07) is 11.8. The van der Waals surface area contributed by atoms with Gasteiger partial charge in [-0.25, -0.2) is 0 Å². The number of aryl methyl sites for hydroxylation is 1. The van der Waals surface area contributed by atoms with Crippen LogP contribution in [0.3, 0.4) is 0 Å². The zero-order valence-corrected chi connectivity index (χ0v) is 13.6. The van der Waals surface area contributed by atoms with E-state index in [-0.39, 0.29) is 12.7 Å². The summed E-state index contributed by atoms with van der Waals surface area (Å²) < 4.78 is 12.0. The fraction of sp³-hybridized carbons (Fsp3) is 0.333. The van der Waals surface area contributed by atoms with Crippen molar-refractivity contribution in [1.82, 2.24) is 0 Å². The number of ether oxygens (including phenoxy) is 2. The van der Waals surface area contributed by atoms with Crippen LogP contribution in [0.1, 0.15) is 42.2 Å². The Morgan fingerprint density at radius 2 is 1.86 bits per heavy atom. The molecule has 0 saturated heterocycles. The second-order valence-corrected chi connectivity index (χ2v) is 6.47. The number of hydrogen-bond acceptors (Lipinski definition) is 3. The van der Waals surface area contributed by atoms with Crippen molar-refractivity contribution in [3.8, 4) is 5.75 Å². The van der Waals surface area contributed by atoms with Gasteiger partial charge in [-0.15, -0.1) is 0 Å². The van der Waals surface area contributed by atoms with E-state index in [1.54, 1.807) is 6.07 Å². The van der Waals surface area contributed by atoms with E-state index >= 15 is 0 Å². The van der Waals surface area contributed by atoms with Crippen molar-refractivity contribution >= 4 is 11.6 Å². The highest BCUT2D eigenvalue weighted by atomic mass is 35.5. The maximum absolute atomic E-state index is 9.36. The minimum atomic E-state index is -0.764. The monoisotopic (exact) mass is 318 g/mol. The van der Waals surface area contributed by atoms with E-state index in [0.29, 0.717) is 10.8 Å². The molecule has 0 bridgehead atoms. The molecule has 4 heteroatoms. The van der Waals surface area contributed by atoms with Gasteiger partial charge in [0.05, 0.1) is 11.6 Å². The standard InChI is InChI=1S/C18H19ClO3/c1-11-4-6-13(7-5-11)17-16-14(19)8-12(10-20)9-15(16)21-18(2,3)22-17/h4-9,17,20H,10H2,1-3H3. The molecule has 1 aliphatic rings. The zero-order chi connectivity index (χ0) is 15.9. The molecule has 0 radical (unpaired) electrons. The van der Waals surface area contributed by atoms with Crippen LogP contribution >= 0.6 is 11.6 Å². The third-order valence-corrected chi connectivity index (χ3v) is 4.05. The van der Waals surface area contributed by atoms with Crippen LogP contribution in [0, 0.1) is 6.92 Å². The summed E-state index contributed by atoms with van der Waals surface area (Å²) in [5, 5.41) is 9.91. The van der Waals surface area contributed by atoms with Crippen LogP contribution in [0.5, 0.6) is 5.75 Å². The van der Waals surface area contributed by atoms with Crippen molar-refractivity contribution in [2.75, 3.05) is 0 Å². The molecule has 1 heterocycles. The van der Waals surface area contributed by atoms with Gasteiger partial charge >= 0.3 is 0 Å². The number of benzene rings is 2. The highest BCUT2D eigenvalue weighted by Gasteiger charge is 2.37. The third kappa shape index (κ3) is 2.84. The van der Waals surface area contributed by atoms with Gasteiger partial charge in [-0.1, -0.05) is 41.4 Å². The largest absolute Gasteiger partial charge is 0.462 e. The molecule has 1 unspecified atom stereocenters. The SMILES string of the molecule is Cc1ccc(C2OC(C)(C)Oc3cc(CO)cc(Cl)c32)cc1. The molecule has 0 saturated carbocycles. The number of aliphatic hydroxyl groups is 1. The lowest BCUT2D eigenvalue weighted by Crippen LogP contribution is -2.38. The van der Waals surface area contributed by atoms with Crippen molar-refractivity contribution in [1.29, 1.82) is 0 Å². The molecule has 0 aromatic heterocycles. The predicted octanol–water partition coefficient (Wildman–Crippen LogP) is 4.38. The lowest BCUT2D eigenvalue weighted by Gasteiger charge is -2.38. The number of rotatable bonds is 2. The number of fused-ring (bicyclic) bond motifs is 1. The Bertz CT molecular complexity index is 692. The van der Waals surface area contributed by atoms with E-state index in [9.17, 15) is 5.11 Å². The van der Waals surface area contributed by atoms with Gasteiger partial charge in [0, 0.05) is 19.4 Å². The Labute approximate surface area is 135 Å². The topological polar surface area (TPSA) is 38.7 Å². The van der Waals surface area contributed by atoms with Crippen LogP contribution in [0.25, 0.3) is 0 Å². The summed E-state index contributed by atoms with van der Waals surface area (Å²) in [5.41, 5.74) is 3.75. The van der Waals surface area contributed by atoms with Crippen molar-refractivity contribution in [3.05, 3.63) is 63.7 Å². The first kappa shape index (κ1) is 15.3. The van der Waals surface area contributed by atoms with Gasteiger partial charge in [-0.2, -0.15) is 0 Å². The Morgan fingerprint density at radius 1 is 1.18 bits per heavy atom. The van der Waals surface area contributed by atoms with Crippen LogP contribution in [-0.4, -0.2) is 10.9 Å². The fourth-order valence-corrected chi connectivity index (χ4v) is 3.02. The summed E-state index contributed by atoms with van der Waals surface area (Å²) in [5.74, 6) is -0.0988. The van der Waals surface area contributed by atoms with Gasteiger partial charge in [0.15, 0.2) is 0 Å². The first-order chi connectivity index (χ1) is 10.4. The van der Waals surface area contributed by atoms with Crippen LogP contribution in [0.4, 0.5) is 0 Å². The summed E-state index contributed by atoms with van der Waals surface area (Å²) in [7, 11) is 0. The lowest BCUT2D eigenvalue weighted by molar-refractivity contribution is -0.196. The normalized spacial score (nSPS) is 19.4. The van der Waals surface area contributed by atoms with Gasteiger partial charge in [0.25, 0.3) is 0 Å². The molecule has 1 atom stereocenters. The highest BCUT2D eigenvalue weighted by Crippen LogP contribution is 2.46. The van der Waals surface area contributed by atoms with Crippen LogP contribution < -0.4 is 4.74 Å².